The second-order valence-corrected chi connectivity index (χ2v) is 6.46. The lowest BCUT2D eigenvalue weighted by atomic mass is 10.2. The Kier molecular flexibility index (Phi) is 4.24. The molecule has 1 heterocycles. The number of para-hydroxylation sites is 1. The van der Waals surface area contributed by atoms with Crippen molar-refractivity contribution in [1.29, 1.82) is 0 Å². The summed E-state index contributed by atoms with van der Waals surface area (Å²) in [5.74, 6) is -2.64. The van der Waals surface area contributed by atoms with Crippen LogP contribution in [-0.2, 0) is 14.8 Å². The van der Waals surface area contributed by atoms with Crippen molar-refractivity contribution in [3.8, 4) is 0 Å². The summed E-state index contributed by atoms with van der Waals surface area (Å²) in [6, 6.07) is 6.29. The SMILES string of the molecule is O=C(O)CS(=O)(=O)N1CCN(c2ccccc2F)CC1. The number of halogens is 1. The highest BCUT2D eigenvalue weighted by molar-refractivity contribution is 7.89. The van der Waals surface area contributed by atoms with Gasteiger partial charge in [0, 0.05) is 26.2 Å². The van der Waals surface area contributed by atoms with Crippen LogP contribution in [0.1, 0.15) is 0 Å². The molecule has 20 heavy (non-hydrogen) atoms. The normalized spacial score (nSPS) is 17.1. The molecule has 1 aromatic rings. The summed E-state index contributed by atoms with van der Waals surface area (Å²) in [7, 11) is -3.78. The van der Waals surface area contributed by atoms with E-state index in [1.54, 1.807) is 23.1 Å². The van der Waals surface area contributed by atoms with Crippen molar-refractivity contribution < 1.29 is 22.7 Å². The van der Waals surface area contributed by atoms with Gasteiger partial charge in [-0.1, -0.05) is 12.1 Å². The number of piperazine rings is 1. The summed E-state index contributed by atoms with van der Waals surface area (Å²) in [4.78, 5) is 12.3. The van der Waals surface area contributed by atoms with Crippen LogP contribution in [-0.4, -0.2) is 55.7 Å². The van der Waals surface area contributed by atoms with Gasteiger partial charge in [-0.2, -0.15) is 4.31 Å². The number of anilines is 1. The molecule has 1 aromatic carbocycles. The number of rotatable bonds is 4. The van der Waals surface area contributed by atoms with Crippen LogP contribution in [0.2, 0.25) is 0 Å². The van der Waals surface area contributed by atoms with Crippen LogP contribution in [0.3, 0.4) is 0 Å². The van der Waals surface area contributed by atoms with E-state index in [1.807, 2.05) is 0 Å². The fourth-order valence-electron chi connectivity index (χ4n) is 2.16. The van der Waals surface area contributed by atoms with Crippen molar-refractivity contribution in [2.75, 3.05) is 36.8 Å². The first-order valence-corrected chi connectivity index (χ1v) is 7.70. The quantitative estimate of drug-likeness (QED) is 0.869. The Balaban J connectivity index is 2.03. The van der Waals surface area contributed by atoms with Crippen LogP contribution in [0.4, 0.5) is 10.1 Å². The number of nitrogens with zero attached hydrogens (tertiary/aromatic N) is 2. The highest BCUT2D eigenvalue weighted by Crippen LogP contribution is 2.20. The smallest absolute Gasteiger partial charge is 0.320 e. The lowest BCUT2D eigenvalue weighted by Gasteiger charge is -2.35. The molecule has 1 fully saturated rings. The molecule has 110 valence electrons. The fraction of sp³-hybridized carbons (Fsp3) is 0.417. The number of hydrogen-bond acceptors (Lipinski definition) is 4. The minimum Gasteiger partial charge on any atom is -0.480 e. The number of benzene rings is 1. The summed E-state index contributed by atoms with van der Waals surface area (Å²) in [6.45, 7) is 0.980. The Morgan fingerprint density at radius 2 is 1.80 bits per heavy atom. The van der Waals surface area contributed by atoms with Gasteiger partial charge in [0.05, 0.1) is 5.69 Å². The van der Waals surface area contributed by atoms with Crippen molar-refractivity contribution in [3.63, 3.8) is 0 Å². The summed E-state index contributed by atoms with van der Waals surface area (Å²) < 4.78 is 38.3. The number of aliphatic carboxylic acids is 1. The molecular formula is C12H15FN2O4S. The molecule has 0 aliphatic carbocycles. The van der Waals surface area contributed by atoms with Gasteiger partial charge in [-0.15, -0.1) is 0 Å². The Hall–Kier alpha value is -1.67. The van der Waals surface area contributed by atoms with E-state index < -0.39 is 21.7 Å². The molecule has 1 aliphatic rings. The predicted molar refractivity (Wildman–Crippen MR) is 71.6 cm³/mol. The summed E-state index contributed by atoms with van der Waals surface area (Å²) >= 11 is 0. The molecule has 1 saturated heterocycles. The maximum atomic E-state index is 13.6. The predicted octanol–water partition coefficient (Wildman–Crippen LogP) is 0.362. The second kappa shape index (κ2) is 5.76. The monoisotopic (exact) mass is 302 g/mol. The van der Waals surface area contributed by atoms with Gasteiger partial charge in [0.2, 0.25) is 10.0 Å². The van der Waals surface area contributed by atoms with Crippen LogP contribution in [0.15, 0.2) is 24.3 Å². The van der Waals surface area contributed by atoms with Crippen molar-refractivity contribution in [2.45, 2.75) is 0 Å². The molecule has 6 nitrogen and oxygen atoms in total. The Morgan fingerprint density at radius 1 is 1.20 bits per heavy atom. The zero-order chi connectivity index (χ0) is 14.8. The maximum absolute atomic E-state index is 13.6. The largest absolute Gasteiger partial charge is 0.480 e. The van der Waals surface area contributed by atoms with E-state index in [0.29, 0.717) is 18.8 Å². The van der Waals surface area contributed by atoms with Crippen LogP contribution in [0.25, 0.3) is 0 Å². The minimum atomic E-state index is -3.78. The van der Waals surface area contributed by atoms with E-state index in [1.165, 1.54) is 6.07 Å². The molecule has 2 rings (SSSR count). The number of carbonyl (C=O) groups is 1. The van der Waals surface area contributed by atoms with Gasteiger partial charge in [0.1, 0.15) is 5.82 Å². The Morgan fingerprint density at radius 3 is 2.35 bits per heavy atom. The molecule has 0 unspecified atom stereocenters. The van der Waals surface area contributed by atoms with Crippen molar-refractivity contribution >= 4 is 21.7 Å². The molecule has 0 bridgehead atoms. The lowest BCUT2D eigenvalue weighted by molar-refractivity contribution is -0.134. The fourth-order valence-corrected chi connectivity index (χ4v) is 3.38. The van der Waals surface area contributed by atoms with Crippen molar-refractivity contribution in [2.24, 2.45) is 0 Å². The molecule has 0 radical (unpaired) electrons. The molecular weight excluding hydrogens is 287 g/mol. The van der Waals surface area contributed by atoms with Crippen LogP contribution in [0, 0.1) is 5.82 Å². The van der Waals surface area contributed by atoms with Gasteiger partial charge < -0.3 is 10.0 Å². The average molecular weight is 302 g/mol. The highest BCUT2D eigenvalue weighted by atomic mass is 32.2. The van der Waals surface area contributed by atoms with Gasteiger partial charge >= 0.3 is 5.97 Å². The standard InChI is InChI=1S/C12H15FN2O4S/c13-10-3-1-2-4-11(10)14-5-7-15(8-6-14)20(18,19)9-12(16)17/h1-4H,5-9H2,(H,16,17). The van der Waals surface area contributed by atoms with Crippen LogP contribution < -0.4 is 4.90 Å². The third kappa shape index (κ3) is 3.26. The summed E-state index contributed by atoms with van der Waals surface area (Å²) in [5.41, 5.74) is 0.433. The van der Waals surface area contributed by atoms with E-state index in [0.717, 1.165) is 4.31 Å². The van der Waals surface area contributed by atoms with Gasteiger partial charge in [-0.05, 0) is 12.1 Å². The van der Waals surface area contributed by atoms with E-state index in [4.69, 9.17) is 5.11 Å². The number of carboxylic acid groups (broad SMARTS) is 1. The number of carboxylic acids is 1. The van der Waals surface area contributed by atoms with E-state index >= 15 is 0 Å². The zero-order valence-corrected chi connectivity index (χ0v) is 11.5. The highest BCUT2D eigenvalue weighted by Gasteiger charge is 2.29. The molecule has 1 aliphatic heterocycles. The molecule has 1 N–H and O–H groups in total. The van der Waals surface area contributed by atoms with Gasteiger partial charge in [0.15, 0.2) is 5.75 Å². The lowest BCUT2D eigenvalue weighted by Crippen LogP contribution is -2.50. The third-order valence-electron chi connectivity index (χ3n) is 3.13. The number of hydrogen-bond donors (Lipinski definition) is 1. The molecule has 0 saturated carbocycles. The molecule has 0 aromatic heterocycles. The number of sulfonamides is 1. The first kappa shape index (κ1) is 14.7. The summed E-state index contributed by atoms with van der Waals surface area (Å²) in [6.07, 6.45) is 0. The van der Waals surface area contributed by atoms with E-state index in [9.17, 15) is 17.6 Å². The van der Waals surface area contributed by atoms with Gasteiger partial charge in [0.25, 0.3) is 0 Å². The first-order chi connectivity index (χ1) is 9.40. The third-order valence-corrected chi connectivity index (χ3v) is 4.89. The van der Waals surface area contributed by atoms with Crippen molar-refractivity contribution in [1.82, 2.24) is 4.31 Å². The average Bonchev–Trinajstić information content (AvgIpc) is 2.38. The Bertz CT molecular complexity index is 597. The molecule has 0 spiro atoms. The Labute approximate surface area is 116 Å². The van der Waals surface area contributed by atoms with Crippen molar-refractivity contribution in [3.05, 3.63) is 30.1 Å². The molecule has 0 atom stereocenters. The first-order valence-electron chi connectivity index (χ1n) is 6.09. The van der Waals surface area contributed by atoms with E-state index in [2.05, 4.69) is 0 Å². The van der Waals surface area contributed by atoms with Crippen LogP contribution >= 0.6 is 0 Å². The maximum Gasteiger partial charge on any atom is 0.320 e. The second-order valence-electron chi connectivity index (χ2n) is 4.49. The van der Waals surface area contributed by atoms with E-state index in [-0.39, 0.29) is 18.9 Å². The molecule has 8 heteroatoms. The van der Waals surface area contributed by atoms with Crippen LogP contribution in [0.5, 0.6) is 0 Å². The molecule has 0 amide bonds. The van der Waals surface area contributed by atoms with Gasteiger partial charge in [-0.3, -0.25) is 4.79 Å². The zero-order valence-electron chi connectivity index (χ0n) is 10.7. The van der Waals surface area contributed by atoms with Gasteiger partial charge in [-0.25, -0.2) is 12.8 Å². The minimum absolute atomic E-state index is 0.157. The summed E-state index contributed by atoms with van der Waals surface area (Å²) in [5, 5.41) is 8.58. The topological polar surface area (TPSA) is 77.9 Å².